The van der Waals surface area contributed by atoms with Gasteiger partial charge in [0.25, 0.3) is 5.92 Å². The summed E-state index contributed by atoms with van der Waals surface area (Å²) in [6, 6.07) is 8.20. The van der Waals surface area contributed by atoms with E-state index >= 15 is 0 Å². The summed E-state index contributed by atoms with van der Waals surface area (Å²) in [7, 11) is 1.51. The van der Waals surface area contributed by atoms with Crippen LogP contribution in [0.3, 0.4) is 0 Å². The Hall–Kier alpha value is -3.88. The average molecular weight is 425 g/mol. The highest BCUT2D eigenvalue weighted by Gasteiger charge is 2.30. The van der Waals surface area contributed by atoms with E-state index in [9.17, 15) is 13.6 Å². The number of alkyl halides is 2. The summed E-state index contributed by atoms with van der Waals surface area (Å²) in [6.07, 6.45) is 7.17. The highest BCUT2D eigenvalue weighted by atomic mass is 19.3. The van der Waals surface area contributed by atoms with Gasteiger partial charge >= 0.3 is 0 Å². The Balaban J connectivity index is 1.94. The summed E-state index contributed by atoms with van der Waals surface area (Å²) in [6.45, 7) is 2.50. The van der Waals surface area contributed by atoms with Crippen molar-refractivity contribution in [3.8, 4) is 5.75 Å². The number of hydrogen-bond acceptors (Lipinski definition) is 7. The minimum Gasteiger partial charge on any atom is -0.495 e. The fourth-order valence-corrected chi connectivity index (χ4v) is 2.72. The van der Waals surface area contributed by atoms with Crippen molar-refractivity contribution in [3.05, 3.63) is 72.2 Å². The fourth-order valence-electron chi connectivity index (χ4n) is 2.72. The van der Waals surface area contributed by atoms with Crippen LogP contribution in [0.15, 0.2) is 61.1 Å². The number of halogens is 2. The summed E-state index contributed by atoms with van der Waals surface area (Å²) in [4.78, 5) is 24.3. The van der Waals surface area contributed by atoms with Crippen LogP contribution in [0, 0.1) is 0 Å². The number of carbonyl (C=O) groups is 1. The number of rotatable bonds is 8. The molecule has 2 aromatic heterocycles. The van der Waals surface area contributed by atoms with Gasteiger partial charge in [-0.15, -0.1) is 0 Å². The monoisotopic (exact) mass is 425 g/mol. The fraction of sp³-hybridized carbons (Fsp3) is 0.182. The van der Waals surface area contributed by atoms with Gasteiger partial charge in [0.1, 0.15) is 11.6 Å². The van der Waals surface area contributed by atoms with E-state index < -0.39 is 5.92 Å². The zero-order valence-corrected chi connectivity index (χ0v) is 17.2. The van der Waals surface area contributed by atoms with Gasteiger partial charge in [-0.05, 0) is 25.1 Å². The Morgan fingerprint density at radius 1 is 1.13 bits per heavy atom. The van der Waals surface area contributed by atoms with Gasteiger partial charge in [0.2, 0.25) is 5.95 Å². The van der Waals surface area contributed by atoms with Crippen LogP contribution in [0.2, 0.25) is 0 Å². The maximum Gasteiger partial charge on any atom is 0.275 e. The topological polar surface area (TPSA) is 89.0 Å². The normalized spacial score (nSPS) is 11.4. The van der Waals surface area contributed by atoms with Gasteiger partial charge in [-0.2, -0.15) is 4.98 Å². The van der Waals surface area contributed by atoms with E-state index in [0.717, 1.165) is 13.1 Å². The third-order valence-corrected chi connectivity index (χ3v) is 4.19. The van der Waals surface area contributed by atoms with Crippen molar-refractivity contribution in [2.45, 2.75) is 19.8 Å². The molecule has 0 fully saturated rings. The second-order valence-corrected chi connectivity index (χ2v) is 6.65. The van der Waals surface area contributed by atoms with Crippen molar-refractivity contribution in [2.75, 3.05) is 17.7 Å². The van der Waals surface area contributed by atoms with Gasteiger partial charge < -0.3 is 15.4 Å². The van der Waals surface area contributed by atoms with Crippen molar-refractivity contribution in [3.63, 3.8) is 0 Å². The number of benzene rings is 1. The van der Waals surface area contributed by atoms with Crippen molar-refractivity contribution >= 4 is 28.9 Å². The van der Waals surface area contributed by atoms with Crippen molar-refractivity contribution in [1.29, 1.82) is 0 Å². The zero-order chi connectivity index (χ0) is 22.4. The van der Waals surface area contributed by atoms with Crippen molar-refractivity contribution in [2.24, 2.45) is 0 Å². The summed E-state index contributed by atoms with van der Waals surface area (Å²) in [5, 5.41) is 5.79. The van der Waals surface area contributed by atoms with Crippen LogP contribution < -0.4 is 15.4 Å². The summed E-state index contributed by atoms with van der Waals surface area (Å²) in [5.74, 6) is -2.86. The molecule has 0 aliphatic heterocycles. The minimum absolute atomic E-state index is 0.0866. The first-order valence-electron chi connectivity index (χ1n) is 9.35. The largest absolute Gasteiger partial charge is 0.495 e. The van der Waals surface area contributed by atoms with E-state index in [1.807, 2.05) is 0 Å². The number of pyridine rings is 1. The first kappa shape index (κ1) is 21.8. The molecule has 3 rings (SSSR count). The smallest absolute Gasteiger partial charge is 0.275 e. The lowest BCUT2D eigenvalue weighted by atomic mass is 10.1. The van der Waals surface area contributed by atoms with E-state index in [0.29, 0.717) is 22.7 Å². The zero-order valence-electron chi connectivity index (χ0n) is 17.2. The molecule has 2 N–H and O–H groups in total. The van der Waals surface area contributed by atoms with E-state index in [2.05, 4.69) is 25.6 Å². The number of anilines is 4. The number of hydrogen-bond donors (Lipinski definition) is 2. The first-order chi connectivity index (χ1) is 14.8. The number of carbonyl (C=O) groups excluding carboxylic acids is 1. The van der Waals surface area contributed by atoms with Gasteiger partial charge in [-0.1, -0.05) is 18.2 Å². The SMILES string of the molecule is C/C=C/C(=O)c1cccc(Nc2nc(Nc3cncc(OC)c3)ncc2C(C)(F)F)c1. The molecule has 0 radical (unpaired) electrons. The Morgan fingerprint density at radius 3 is 2.65 bits per heavy atom. The molecule has 160 valence electrons. The van der Waals surface area contributed by atoms with E-state index in [1.54, 1.807) is 43.3 Å². The number of ether oxygens (including phenoxy) is 1. The molecule has 9 heteroatoms. The lowest BCUT2D eigenvalue weighted by molar-refractivity contribution is 0.0176. The summed E-state index contributed by atoms with van der Waals surface area (Å²) < 4.78 is 33.4. The van der Waals surface area contributed by atoms with Crippen LogP contribution >= 0.6 is 0 Å². The molecule has 0 atom stereocenters. The minimum atomic E-state index is -3.18. The maximum atomic E-state index is 14.2. The molecule has 0 saturated carbocycles. The molecule has 31 heavy (non-hydrogen) atoms. The van der Waals surface area contributed by atoms with Crippen LogP contribution in [0.25, 0.3) is 0 Å². The summed E-state index contributed by atoms with van der Waals surface area (Å²) >= 11 is 0. The highest BCUT2D eigenvalue weighted by Crippen LogP contribution is 2.34. The predicted octanol–water partition coefficient (Wildman–Crippen LogP) is 5.24. The molecular formula is C22H21F2N5O2. The van der Waals surface area contributed by atoms with Crippen LogP contribution in [0.5, 0.6) is 5.75 Å². The third-order valence-electron chi connectivity index (χ3n) is 4.19. The molecule has 0 bridgehead atoms. The van der Waals surface area contributed by atoms with Crippen molar-refractivity contribution in [1.82, 2.24) is 15.0 Å². The van der Waals surface area contributed by atoms with Crippen LogP contribution in [-0.2, 0) is 5.92 Å². The Bertz CT molecular complexity index is 1110. The van der Waals surface area contributed by atoms with E-state index in [1.165, 1.54) is 25.6 Å². The lowest BCUT2D eigenvalue weighted by Gasteiger charge is -2.17. The molecule has 0 aliphatic rings. The molecule has 0 unspecified atom stereocenters. The van der Waals surface area contributed by atoms with Gasteiger partial charge in [0, 0.05) is 30.4 Å². The number of aromatic nitrogens is 3. The third kappa shape index (κ3) is 5.59. The van der Waals surface area contributed by atoms with Crippen molar-refractivity contribution < 1.29 is 18.3 Å². The predicted molar refractivity (Wildman–Crippen MR) is 115 cm³/mol. The molecule has 0 aliphatic carbocycles. The lowest BCUT2D eigenvalue weighted by Crippen LogP contribution is -2.14. The molecule has 0 amide bonds. The second-order valence-electron chi connectivity index (χ2n) is 6.65. The number of methoxy groups -OCH3 is 1. The number of ketones is 1. The molecule has 7 nitrogen and oxygen atoms in total. The van der Waals surface area contributed by atoms with Gasteiger partial charge in [0.15, 0.2) is 5.78 Å². The molecule has 2 heterocycles. The molecule has 3 aromatic rings. The van der Waals surface area contributed by atoms with Gasteiger partial charge in [-0.3, -0.25) is 9.78 Å². The number of nitrogens with one attached hydrogen (secondary N) is 2. The molecule has 0 saturated heterocycles. The average Bonchev–Trinajstić information content (AvgIpc) is 2.73. The van der Waals surface area contributed by atoms with Crippen LogP contribution in [-0.4, -0.2) is 27.8 Å². The Morgan fingerprint density at radius 2 is 1.94 bits per heavy atom. The second kappa shape index (κ2) is 9.29. The summed E-state index contributed by atoms with van der Waals surface area (Å²) in [5.41, 5.74) is 1.00. The molecule has 0 spiro atoms. The number of nitrogens with zero attached hydrogens (tertiary/aromatic N) is 3. The molecular weight excluding hydrogens is 404 g/mol. The molecule has 1 aromatic carbocycles. The van der Waals surface area contributed by atoms with E-state index in [-0.39, 0.29) is 23.1 Å². The van der Waals surface area contributed by atoms with Gasteiger partial charge in [0.05, 0.1) is 30.8 Å². The first-order valence-corrected chi connectivity index (χ1v) is 9.35. The standard InChI is InChI=1S/C22H21F2N5O2/c1-4-6-19(30)14-7-5-8-15(9-14)27-20-18(22(2,23)24)13-26-21(29-20)28-16-10-17(31-3)12-25-11-16/h4-13H,1-3H3,(H2,26,27,28,29)/b6-4+. The Kier molecular flexibility index (Phi) is 6.54. The highest BCUT2D eigenvalue weighted by molar-refractivity contribution is 6.05. The number of allylic oxidation sites excluding steroid dienone is 2. The van der Waals surface area contributed by atoms with Crippen LogP contribution in [0.4, 0.5) is 31.9 Å². The van der Waals surface area contributed by atoms with Crippen LogP contribution in [0.1, 0.15) is 29.8 Å². The van der Waals surface area contributed by atoms with Gasteiger partial charge in [-0.25, -0.2) is 13.8 Å². The van der Waals surface area contributed by atoms with E-state index in [4.69, 9.17) is 4.74 Å². The Labute approximate surface area is 178 Å². The maximum absolute atomic E-state index is 14.2. The quantitative estimate of drug-likeness (QED) is 0.377.